The van der Waals surface area contributed by atoms with E-state index in [1.807, 2.05) is 30.3 Å². The molecule has 2 heterocycles. The van der Waals surface area contributed by atoms with E-state index in [0.717, 1.165) is 51.1 Å². The smallest absolute Gasteiger partial charge is 0.416 e. The van der Waals surface area contributed by atoms with E-state index >= 15 is 0 Å². The molecule has 5 aromatic rings. The van der Waals surface area contributed by atoms with Crippen LogP contribution in [0.3, 0.4) is 0 Å². The number of rotatable bonds is 7. The summed E-state index contributed by atoms with van der Waals surface area (Å²) in [6.07, 6.45) is -4.57. The van der Waals surface area contributed by atoms with Gasteiger partial charge in [0.15, 0.2) is 12.3 Å². The lowest BCUT2D eigenvalue weighted by Gasteiger charge is -2.11. The molecule has 0 unspecified atom stereocenters. The number of hydrogen-bond donors (Lipinski definition) is 1. The zero-order valence-corrected chi connectivity index (χ0v) is 21.6. The summed E-state index contributed by atoms with van der Waals surface area (Å²) < 4.78 is 50.6. The number of hydrogen-bond acceptors (Lipinski definition) is 7. The fraction of sp³-hybridized carbons (Fsp3) is 0.143. The van der Waals surface area contributed by atoms with Crippen LogP contribution in [0.1, 0.15) is 23.0 Å². The third-order valence-electron chi connectivity index (χ3n) is 5.90. The highest BCUT2D eigenvalue weighted by Crippen LogP contribution is 2.32. The molecule has 1 N–H and O–H groups in total. The van der Waals surface area contributed by atoms with Gasteiger partial charge in [-0.25, -0.2) is 4.79 Å². The Morgan fingerprint density at radius 3 is 2.45 bits per heavy atom. The summed E-state index contributed by atoms with van der Waals surface area (Å²) in [5.41, 5.74) is -1.88. The van der Waals surface area contributed by atoms with Gasteiger partial charge >= 0.3 is 12.1 Å². The number of carbonyl (C=O) groups is 2. The van der Waals surface area contributed by atoms with Crippen LogP contribution in [0.2, 0.25) is 0 Å². The van der Waals surface area contributed by atoms with E-state index in [9.17, 15) is 27.6 Å². The first kappa shape index (κ1) is 26.9. The van der Waals surface area contributed by atoms with E-state index in [-0.39, 0.29) is 40.4 Å². The predicted octanol–water partition coefficient (Wildman–Crippen LogP) is 5.81. The lowest BCUT2D eigenvalue weighted by molar-refractivity contribution is -0.137. The number of nitrogens with zero attached hydrogens (tertiary/aromatic N) is 2. The van der Waals surface area contributed by atoms with Gasteiger partial charge in [0.05, 0.1) is 23.2 Å². The summed E-state index contributed by atoms with van der Waals surface area (Å²) in [5.74, 6) is -0.918. The quantitative estimate of drug-likeness (QED) is 0.249. The minimum absolute atomic E-state index is 0.00596. The molecular formula is C28H20F3N3O5S. The summed E-state index contributed by atoms with van der Waals surface area (Å²) in [7, 11) is 0. The maximum Gasteiger partial charge on any atom is 0.416 e. The van der Waals surface area contributed by atoms with Crippen molar-refractivity contribution in [3.8, 4) is 11.4 Å². The Morgan fingerprint density at radius 2 is 1.75 bits per heavy atom. The summed E-state index contributed by atoms with van der Waals surface area (Å²) in [4.78, 5) is 38.9. The fourth-order valence-electron chi connectivity index (χ4n) is 4.03. The molecule has 12 heteroatoms. The third kappa shape index (κ3) is 5.38. The second-order valence-electron chi connectivity index (χ2n) is 8.53. The van der Waals surface area contributed by atoms with Crippen LogP contribution in [-0.4, -0.2) is 34.9 Å². The molecule has 0 bridgehead atoms. The van der Waals surface area contributed by atoms with Crippen LogP contribution in [0, 0.1) is 0 Å². The van der Waals surface area contributed by atoms with E-state index < -0.39 is 29.2 Å². The molecule has 2 aromatic heterocycles. The van der Waals surface area contributed by atoms with Crippen LogP contribution in [0.25, 0.3) is 27.2 Å². The molecule has 1 amide bonds. The number of carbonyl (C=O) groups excluding carboxylic acids is 2. The lowest BCUT2D eigenvalue weighted by Crippen LogP contribution is -2.26. The average molecular weight is 568 g/mol. The molecule has 3 aromatic carbocycles. The summed E-state index contributed by atoms with van der Waals surface area (Å²) >= 11 is 0.991. The normalized spacial score (nSPS) is 11.5. The van der Waals surface area contributed by atoms with Gasteiger partial charge in [0.2, 0.25) is 0 Å². The van der Waals surface area contributed by atoms with Crippen molar-refractivity contribution < 1.29 is 32.2 Å². The second-order valence-corrected chi connectivity index (χ2v) is 9.41. The number of fused-ring (bicyclic) bond motifs is 2. The van der Waals surface area contributed by atoms with Gasteiger partial charge < -0.3 is 14.8 Å². The molecule has 0 spiro atoms. The summed E-state index contributed by atoms with van der Waals surface area (Å²) in [5, 5.41) is 10.4. The fourth-order valence-corrected chi connectivity index (χ4v) is 4.98. The van der Waals surface area contributed by atoms with Gasteiger partial charge in [-0.15, -0.1) is 11.3 Å². The van der Waals surface area contributed by atoms with Crippen LogP contribution in [0.15, 0.2) is 76.9 Å². The van der Waals surface area contributed by atoms with E-state index in [0.29, 0.717) is 5.75 Å². The molecule has 5 rings (SSSR count). The van der Waals surface area contributed by atoms with Gasteiger partial charge in [-0.05, 0) is 54.1 Å². The molecule has 0 radical (unpaired) electrons. The maximum atomic E-state index is 13.5. The standard InChI is InChI=1S/C28H20F3N3O5S/c1-2-38-27(37)24-21-15-40-25(32-22(35)14-39-20-12-7-16-5-3-4-6-17(16)13-20)23(21)26(36)34(33-24)19-10-8-18(9-11-19)28(29,30)31/h3-13,15H,2,14H2,1H3,(H,32,35). The van der Waals surface area contributed by atoms with Crippen LogP contribution < -0.4 is 15.6 Å². The molecule has 0 saturated heterocycles. The molecule has 0 aliphatic heterocycles. The first-order valence-electron chi connectivity index (χ1n) is 12.0. The topological polar surface area (TPSA) is 99.5 Å². The van der Waals surface area contributed by atoms with Crippen molar-refractivity contribution >= 4 is 49.8 Å². The Morgan fingerprint density at radius 1 is 1.02 bits per heavy atom. The summed E-state index contributed by atoms with van der Waals surface area (Å²) in [6.45, 7) is 1.26. The van der Waals surface area contributed by atoms with E-state index in [1.165, 1.54) is 5.38 Å². The lowest BCUT2D eigenvalue weighted by atomic mass is 10.1. The molecule has 0 aliphatic rings. The first-order chi connectivity index (χ1) is 19.2. The predicted molar refractivity (Wildman–Crippen MR) is 144 cm³/mol. The molecule has 8 nitrogen and oxygen atoms in total. The first-order valence-corrected chi connectivity index (χ1v) is 12.8. The van der Waals surface area contributed by atoms with Crippen molar-refractivity contribution in [1.82, 2.24) is 9.78 Å². The number of aromatic nitrogens is 2. The Hall–Kier alpha value is -4.71. The highest BCUT2D eigenvalue weighted by Gasteiger charge is 2.30. The van der Waals surface area contributed by atoms with Gasteiger partial charge in [-0.2, -0.15) is 23.0 Å². The number of amides is 1. The third-order valence-corrected chi connectivity index (χ3v) is 6.80. The zero-order chi connectivity index (χ0) is 28.4. The highest BCUT2D eigenvalue weighted by atomic mass is 32.1. The number of benzene rings is 3. The van der Waals surface area contributed by atoms with Crippen molar-refractivity contribution in [2.24, 2.45) is 0 Å². The Kier molecular flexibility index (Phi) is 7.26. The second kappa shape index (κ2) is 10.8. The van der Waals surface area contributed by atoms with Crippen molar-refractivity contribution in [2.75, 3.05) is 18.5 Å². The van der Waals surface area contributed by atoms with Crippen LogP contribution in [-0.2, 0) is 15.7 Å². The van der Waals surface area contributed by atoms with E-state index in [2.05, 4.69) is 10.4 Å². The Balaban J connectivity index is 1.47. The van der Waals surface area contributed by atoms with Gasteiger partial charge in [-0.3, -0.25) is 9.59 Å². The van der Waals surface area contributed by atoms with Gasteiger partial charge in [-0.1, -0.05) is 30.3 Å². The molecule has 0 fully saturated rings. The summed E-state index contributed by atoms with van der Waals surface area (Å²) in [6, 6.07) is 16.8. The molecule has 0 saturated carbocycles. The molecular weight excluding hydrogens is 547 g/mol. The molecule has 204 valence electrons. The van der Waals surface area contributed by atoms with Crippen molar-refractivity contribution in [2.45, 2.75) is 13.1 Å². The monoisotopic (exact) mass is 567 g/mol. The SMILES string of the molecule is CCOC(=O)c1nn(-c2ccc(C(F)(F)F)cc2)c(=O)c2c(NC(=O)COc3ccc4ccccc4c3)scc12. The van der Waals surface area contributed by atoms with Gasteiger partial charge in [0.25, 0.3) is 11.5 Å². The number of alkyl halides is 3. The molecule has 0 atom stereocenters. The van der Waals surface area contributed by atoms with E-state index in [1.54, 1.807) is 19.1 Å². The number of halogens is 3. The minimum atomic E-state index is -4.57. The van der Waals surface area contributed by atoms with Gasteiger partial charge in [0.1, 0.15) is 10.8 Å². The molecule has 0 aliphatic carbocycles. The Bertz CT molecular complexity index is 1800. The number of nitrogens with one attached hydrogen (secondary N) is 1. The molecule has 40 heavy (non-hydrogen) atoms. The number of thiophene rings is 1. The van der Waals surface area contributed by atoms with Crippen molar-refractivity contribution in [3.63, 3.8) is 0 Å². The highest BCUT2D eigenvalue weighted by molar-refractivity contribution is 7.16. The Labute approximate surface area is 228 Å². The van der Waals surface area contributed by atoms with E-state index in [4.69, 9.17) is 9.47 Å². The van der Waals surface area contributed by atoms with Crippen LogP contribution >= 0.6 is 11.3 Å². The number of esters is 1. The average Bonchev–Trinajstić information content (AvgIpc) is 3.35. The van der Waals surface area contributed by atoms with Crippen LogP contribution in [0.4, 0.5) is 18.2 Å². The minimum Gasteiger partial charge on any atom is -0.484 e. The number of ether oxygens (including phenoxy) is 2. The van der Waals surface area contributed by atoms with Crippen molar-refractivity contribution in [1.29, 1.82) is 0 Å². The van der Waals surface area contributed by atoms with Crippen molar-refractivity contribution in [3.05, 3.63) is 93.7 Å². The maximum absolute atomic E-state index is 13.5. The van der Waals surface area contributed by atoms with Crippen LogP contribution in [0.5, 0.6) is 5.75 Å². The zero-order valence-electron chi connectivity index (χ0n) is 20.8. The number of anilines is 1. The largest absolute Gasteiger partial charge is 0.484 e. The van der Waals surface area contributed by atoms with Gasteiger partial charge in [0, 0.05) is 10.8 Å².